The van der Waals surface area contributed by atoms with Gasteiger partial charge >= 0.3 is 0 Å². The van der Waals surface area contributed by atoms with Crippen LogP contribution in [0.25, 0.3) is 0 Å². The second-order valence-electron chi connectivity index (χ2n) is 4.23. The minimum atomic E-state index is -1.63. The van der Waals surface area contributed by atoms with Gasteiger partial charge in [-0.2, -0.15) is 0 Å². The third kappa shape index (κ3) is 2.17. The van der Waals surface area contributed by atoms with Crippen molar-refractivity contribution in [3.05, 3.63) is 47.2 Å². The van der Waals surface area contributed by atoms with E-state index in [4.69, 9.17) is 4.74 Å². The summed E-state index contributed by atoms with van der Waals surface area (Å²) in [5, 5.41) is 10.3. The molecule has 0 fully saturated rings. The molecule has 0 aromatic heterocycles. The van der Waals surface area contributed by atoms with Crippen molar-refractivity contribution in [2.75, 3.05) is 6.61 Å². The van der Waals surface area contributed by atoms with Gasteiger partial charge in [-0.15, -0.1) is 0 Å². The number of aliphatic hydroxyl groups is 1. The van der Waals surface area contributed by atoms with Crippen molar-refractivity contribution < 1.29 is 18.6 Å². The summed E-state index contributed by atoms with van der Waals surface area (Å²) in [6, 6.07) is 3.74. The first-order valence-electron chi connectivity index (χ1n) is 5.54. The molecule has 0 saturated heterocycles. The lowest BCUT2D eigenvalue weighted by atomic mass is 9.91. The van der Waals surface area contributed by atoms with Crippen molar-refractivity contribution in [2.24, 2.45) is 0 Å². The summed E-state index contributed by atoms with van der Waals surface area (Å²) in [5.74, 6) is -1.72. The number of ether oxygens (including phenoxy) is 1. The highest BCUT2D eigenvalue weighted by Crippen LogP contribution is 2.34. The second kappa shape index (κ2) is 4.45. The average Bonchev–Trinajstić information content (AvgIpc) is 2.33. The van der Waals surface area contributed by atoms with Gasteiger partial charge in [0.05, 0.1) is 6.61 Å². The zero-order valence-corrected chi connectivity index (χ0v) is 9.54. The maximum absolute atomic E-state index is 13.6. The Morgan fingerprint density at radius 2 is 2.12 bits per heavy atom. The summed E-state index contributed by atoms with van der Waals surface area (Å²) >= 11 is 0. The van der Waals surface area contributed by atoms with Gasteiger partial charge in [0.15, 0.2) is 11.6 Å². The third-order valence-electron chi connectivity index (χ3n) is 2.89. The molecule has 1 atom stereocenters. The van der Waals surface area contributed by atoms with Crippen LogP contribution in [-0.4, -0.2) is 11.7 Å². The van der Waals surface area contributed by atoms with E-state index in [9.17, 15) is 13.9 Å². The van der Waals surface area contributed by atoms with Gasteiger partial charge < -0.3 is 9.84 Å². The molecule has 1 aliphatic rings. The molecule has 1 aliphatic heterocycles. The minimum absolute atomic E-state index is 0.106. The lowest BCUT2D eigenvalue weighted by molar-refractivity contribution is 0.0121. The monoisotopic (exact) mass is 240 g/mol. The predicted molar refractivity (Wildman–Crippen MR) is 59.2 cm³/mol. The van der Waals surface area contributed by atoms with Gasteiger partial charge in [0.2, 0.25) is 0 Å². The standard InChI is InChI=1S/C13H14F2O2/c1-13(16,11-7-2-3-8-17-11)9-5-4-6-10(14)12(9)15/h4-7,16H,2-3,8H2,1H3. The van der Waals surface area contributed by atoms with Crippen LogP contribution in [0.4, 0.5) is 8.78 Å². The Hall–Kier alpha value is -1.42. The molecule has 1 unspecified atom stereocenters. The highest BCUT2D eigenvalue weighted by Gasteiger charge is 2.34. The molecule has 2 rings (SSSR count). The van der Waals surface area contributed by atoms with Gasteiger partial charge in [-0.25, -0.2) is 8.78 Å². The quantitative estimate of drug-likeness (QED) is 0.861. The van der Waals surface area contributed by atoms with E-state index in [1.165, 1.54) is 19.1 Å². The fraction of sp³-hybridized carbons (Fsp3) is 0.385. The highest BCUT2D eigenvalue weighted by atomic mass is 19.2. The molecule has 92 valence electrons. The summed E-state index contributed by atoms with van der Waals surface area (Å²) < 4.78 is 32.1. The molecule has 4 heteroatoms. The van der Waals surface area contributed by atoms with Gasteiger partial charge in [-0.1, -0.05) is 12.1 Å². The van der Waals surface area contributed by atoms with Crippen molar-refractivity contribution in [1.29, 1.82) is 0 Å². The topological polar surface area (TPSA) is 29.5 Å². The van der Waals surface area contributed by atoms with Crippen LogP contribution >= 0.6 is 0 Å². The molecule has 2 nitrogen and oxygen atoms in total. The van der Waals surface area contributed by atoms with Gasteiger partial charge in [-0.3, -0.25) is 0 Å². The van der Waals surface area contributed by atoms with Crippen LogP contribution in [0, 0.1) is 11.6 Å². The maximum Gasteiger partial charge on any atom is 0.165 e. The average molecular weight is 240 g/mol. The number of allylic oxidation sites excluding steroid dienone is 1. The lowest BCUT2D eigenvalue weighted by Gasteiger charge is -2.29. The Kier molecular flexibility index (Phi) is 3.15. The number of hydrogen-bond donors (Lipinski definition) is 1. The van der Waals surface area contributed by atoms with Crippen molar-refractivity contribution in [3.63, 3.8) is 0 Å². The van der Waals surface area contributed by atoms with Crippen molar-refractivity contribution >= 4 is 0 Å². The number of rotatable bonds is 2. The predicted octanol–water partition coefficient (Wildman–Crippen LogP) is 2.87. The summed E-state index contributed by atoms with van der Waals surface area (Å²) in [5.41, 5.74) is -1.74. The van der Waals surface area contributed by atoms with E-state index in [-0.39, 0.29) is 11.3 Å². The summed E-state index contributed by atoms with van der Waals surface area (Å²) in [4.78, 5) is 0. The SMILES string of the molecule is CC(O)(C1=CCCCO1)c1cccc(F)c1F. The molecule has 0 bridgehead atoms. The Morgan fingerprint density at radius 3 is 2.76 bits per heavy atom. The van der Waals surface area contributed by atoms with Crippen LogP contribution < -0.4 is 0 Å². The van der Waals surface area contributed by atoms with E-state index in [0.717, 1.165) is 18.9 Å². The fourth-order valence-corrected chi connectivity index (χ4v) is 1.91. The molecule has 0 spiro atoms. The van der Waals surface area contributed by atoms with Crippen LogP contribution in [0.1, 0.15) is 25.3 Å². The Morgan fingerprint density at radius 1 is 1.35 bits per heavy atom. The zero-order valence-electron chi connectivity index (χ0n) is 9.54. The number of halogens is 2. The first-order valence-corrected chi connectivity index (χ1v) is 5.54. The second-order valence-corrected chi connectivity index (χ2v) is 4.23. The molecule has 0 aliphatic carbocycles. The molecule has 1 N–H and O–H groups in total. The lowest BCUT2D eigenvalue weighted by Crippen LogP contribution is -2.29. The maximum atomic E-state index is 13.6. The van der Waals surface area contributed by atoms with Gasteiger partial charge in [0.1, 0.15) is 11.4 Å². The molecule has 0 amide bonds. The van der Waals surface area contributed by atoms with Crippen LogP contribution in [0.5, 0.6) is 0 Å². The van der Waals surface area contributed by atoms with Gasteiger partial charge in [0, 0.05) is 5.56 Å². The largest absolute Gasteiger partial charge is 0.495 e. The van der Waals surface area contributed by atoms with Crippen LogP contribution in [0.15, 0.2) is 30.0 Å². The Balaban J connectivity index is 2.43. The molecule has 0 radical (unpaired) electrons. The van der Waals surface area contributed by atoms with E-state index in [1.54, 1.807) is 6.08 Å². The molecule has 1 aromatic rings. The zero-order chi connectivity index (χ0) is 12.5. The van der Waals surface area contributed by atoms with E-state index < -0.39 is 17.2 Å². The molecular formula is C13H14F2O2. The Bertz CT molecular complexity index is 453. The van der Waals surface area contributed by atoms with Gasteiger partial charge in [-0.05, 0) is 31.9 Å². The van der Waals surface area contributed by atoms with Crippen LogP contribution in [-0.2, 0) is 10.3 Å². The molecular weight excluding hydrogens is 226 g/mol. The van der Waals surface area contributed by atoms with Crippen LogP contribution in [0.3, 0.4) is 0 Å². The van der Waals surface area contributed by atoms with E-state index in [2.05, 4.69) is 0 Å². The van der Waals surface area contributed by atoms with E-state index in [0.29, 0.717) is 6.61 Å². The molecule has 1 heterocycles. The number of benzene rings is 1. The summed E-state index contributed by atoms with van der Waals surface area (Å²) in [7, 11) is 0. The van der Waals surface area contributed by atoms with Crippen LogP contribution in [0.2, 0.25) is 0 Å². The molecule has 0 saturated carbocycles. The first-order chi connectivity index (χ1) is 8.03. The molecule has 17 heavy (non-hydrogen) atoms. The van der Waals surface area contributed by atoms with Crippen molar-refractivity contribution in [1.82, 2.24) is 0 Å². The van der Waals surface area contributed by atoms with Gasteiger partial charge in [0.25, 0.3) is 0 Å². The number of hydrogen-bond acceptors (Lipinski definition) is 2. The normalized spacial score (nSPS) is 19.2. The van der Waals surface area contributed by atoms with E-state index >= 15 is 0 Å². The third-order valence-corrected chi connectivity index (χ3v) is 2.89. The molecule has 1 aromatic carbocycles. The van der Waals surface area contributed by atoms with Crippen molar-refractivity contribution in [2.45, 2.75) is 25.4 Å². The summed E-state index contributed by atoms with van der Waals surface area (Å²) in [6.45, 7) is 1.89. The van der Waals surface area contributed by atoms with Crippen molar-refractivity contribution in [3.8, 4) is 0 Å². The highest BCUT2D eigenvalue weighted by molar-refractivity contribution is 5.31. The summed E-state index contributed by atoms with van der Waals surface area (Å²) in [6.07, 6.45) is 3.35. The fourth-order valence-electron chi connectivity index (χ4n) is 1.91. The Labute approximate surface area is 98.5 Å². The smallest absolute Gasteiger partial charge is 0.165 e. The first kappa shape index (κ1) is 12.0. The minimum Gasteiger partial charge on any atom is -0.495 e. The van der Waals surface area contributed by atoms with E-state index in [1.807, 2.05) is 0 Å².